The molecule has 0 aromatic heterocycles. The van der Waals surface area contributed by atoms with Crippen LogP contribution in [0.3, 0.4) is 0 Å². The van der Waals surface area contributed by atoms with Gasteiger partial charge in [-0.05, 0) is 25.0 Å². The van der Waals surface area contributed by atoms with Gasteiger partial charge in [-0.25, -0.2) is 4.39 Å². The van der Waals surface area contributed by atoms with Crippen LogP contribution in [0.1, 0.15) is 37.2 Å². The molecule has 0 heterocycles. The number of nitriles is 1. The Morgan fingerprint density at radius 1 is 1.44 bits per heavy atom. The largest absolute Gasteiger partial charge is 0.298 e. The molecule has 0 bridgehead atoms. The van der Waals surface area contributed by atoms with Gasteiger partial charge in [0.05, 0.1) is 6.07 Å². The summed E-state index contributed by atoms with van der Waals surface area (Å²) in [5, 5.41) is 9.31. The van der Waals surface area contributed by atoms with Gasteiger partial charge in [-0.15, -0.1) is 0 Å². The fourth-order valence-corrected chi connectivity index (χ4v) is 2.78. The second-order valence-corrected chi connectivity index (χ2v) is 4.99. The minimum atomic E-state index is -1.08. The fourth-order valence-electron chi connectivity index (χ4n) is 2.50. The molecule has 1 saturated carbocycles. The van der Waals surface area contributed by atoms with Gasteiger partial charge in [0.25, 0.3) is 0 Å². The first-order valence-corrected chi connectivity index (χ1v) is 6.40. The van der Waals surface area contributed by atoms with Gasteiger partial charge in [-0.1, -0.05) is 30.5 Å². The number of carbonyl (C=O) groups excluding carboxylic acids is 1. The van der Waals surface area contributed by atoms with Crippen LogP contribution in [-0.2, 0) is 4.79 Å². The van der Waals surface area contributed by atoms with Gasteiger partial charge in [-0.3, -0.25) is 4.79 Å². The van der Waals surface area contributed by atoms with Crippen molar-refractivity contribution in [2.45, 2.75) is 31.6 Å². The van der Waals surface area contributed by atoms with Gasteiger partial charge < -0.3 is 0 Å². The summed E-state index contributed by atoms with van der Waals surface area (Å²) >= 11 is 5.91. The van der Waals surface area contributed by atoms with Crippen LogP contribution in [0.25, 0.3) is 0 Å². The molecule has 1 aliphatic rings. The molecule has 2 nitrogen and oxygen atoms in total. The first-order chi connectivity index (χ1) is 8.65. The van der Waals surface area contributed by atoms with Gasteiger partial charge in [-0.2, -0.15) is 5.26 Å². The summed E-state index contributed by atoms with van der Waals surface area (Å²) in [7, 11) is 0. The smallest absolute Gasteiger partial charge is 0.157 e. The number of hydrogen-bond donors (Lipinski definition) is 0. The van der Waals surface area contributed by atoms with Crippen molar-refractivity contribution in [3.63, 3.8) is 0 Å². The lowest BCUT2D eigenvalue weighted by Crippen LogP contribution is -2.20. The van der Waals surface area contributed by atoms with E-state index < -0.39 is 11.7 Å². The van der Waals surface area contributed by atoms with Crippen molar-refractivity contribution in [1.82, 2.24) is 0 Å². The first kappa shape index (κ1) is 13.0. The highest BCUT2D eigenvalue weighted by atomic mass is 35.5. The number of rotatable bonds is 3. The molecule has 0 saturated heterocycles. The molecule has 1 fully saturated rings. The fraction of sp³-hybridized carbons (Fsp3) is 0.429. The number of carbonyl (C=O) groups is 1. The van der Waals surface area contributed by atoms with Crippen molar-refractivity contribution in [3.05, 3.63) is 34.6 Å². The minimum absolute atomic E-state index is 0.0265. The molecule has 1 aromatic carbocycles. The van der Waals surface area contributed by atoms with E-state index in [9.17, 15) is 9.18 Å². The van der Waals surface area contributed by atoms with Crippen LogP contribution in [0.2, 0.25) is 5.02 Å². The van der Waals surface area contributed by atoms with E-state index in [1.165, 1.54) is 18.2 Å². The maximum absolute atomic E-state index is 13.7. The van der Waals surface area contributed by atoms with Gasteiger partial charge in [0, 0.05) is 16.5 Å². The van der Waals surface area contributed by atoms with Gasteiger partial charge >= 0.3 is 0 Å². The zero-order valence-corrected chi connectivity index (χ0v) is 10.6. The third-order valence-corrected chi connectivity index (χ3v) is 3.79. The van der Waals surface area contributed by atoms with Crippen LogP contribution >= 0.6 is 11.6 Å². The van der Waals surface area contributed by atoms with Crippen molar-refractivity contribution in [3.8, 4) is 6.07 Å². The van der Waals surface area contributed by atoms with Crippen LogP contribution in [0.15, 0.2) is 18.2 Å². The lowest BCUT2D eigenvalue weighted by molar-refractivity contribution is -0.123. The SMILES string of the molecule is N#CC(C(=O)C1CCCC1)c1c(F)cccc1Cl. The van der Waals surface area contributed by atoms with E-state index >= 15 is 0 Å². The monoisotopic (exact) mass is 265 g/mol. The Hall–Kier alpha value is -1.40. The molecule has 0 radical (unpaired) electrons. The summed E-state index contributed by atoms with van der Waals surface area (Å²) < 4.78 is 13.7. The molecule has 4 heteroatoms. The van der Waals surface area contributed by atoms with Crippen molar-refractivity contribution < 1.29 is 9.18 Å². The third kappa shape index (κ3) is 2.39. The lowest BCUT2D eigenvalue weighted by Gasteiger charge is -2.15. The quantitative estimate of drug-likeness (QED) is 0.833. The van der Waals surface area contributed by atoms with E-state index in [0.717, 1.165) is 25.7 Å². The molecule has 0 spiro atoms. The molecular weight excluding hydrogens is 253 g/mol. The molecule has 0 aliphatic heterocycles. The van der Waals surface area contributed by atoms with Crippen molar-refractivity contribution >= 4 is 17.4 Å². The Morgan fingerprint density at radius 3 is 2.67 bits per heavy atom. The zero-order valence-electron chi connectivity index (χ0n) is 9.83. The van der Waals surface area contributed by atoms with Crippen molar-refractivity contribution in [2.24, 2.45) is 5.92 Å². The summed E-state index contributed by atoms with van der Waals surface area (Å²) in [5.41, 5.74) is 0.0265. The highest BCUT2D eigenvalue weighted by Crippen LogP contribution is 2.34. The molecule has 94 valence electrons. The van der Waals surface area contributed by atoms with Gasteiger partial charge in [0.1, 0.15) is 11.7 Å². The third-order valence-electron chi connectivity index (χ3n) is 3.46. The number of benzene rings is 1. The normalized spacial score (nSPS) is 17.4. The van der Waals surface area contributed by atoms with E-state index in [2.05, 4.69) is 0 Å². The van der Waals surface area contributed by atoms with E-state index in [0.29, 0.717) is 0 Å². The summed E-state index contributed by atoms with van der Waals surface area (Å²) in [5.74, 6) is -1.98. The summed E-state index contributed by atoms with van der Waals surface area (Å²) in [6.07, 6.45) is 3.59. The van der Waals surface area contributed by atoms with Crippen LogP contribution in [0.4, 0.5) is 4.39 Å². The standard InChI is InChI=1S/C14H13ClFNO/c15-11-6-3-7-12(16)13(11)10(8-17)14(18)9-4-1-2-5-9/h3,6-7,9-10H,1-2,4-5H2. The molecule has 1 atom stereocenters. The van der Waals surface area contributed by atoms with Crippen LogP contribution in [0.5, 0.6) is 0 Å². The van der Waals surface area contributed by atoms with E-state index in [1.807, 2.05) is 6.07 Å². The van der Waals surface area contributed by atoms with Gasteiger partial charge in [0.15, 0.2) is 5.78 Å². The van der Waals surface area contributed by atoms with Crippen LogP contribution < -0.4 is 0 Å². The Labute approximate surface area is 110 Å². The number of ketones is 1. The van der Waals surface area contributed by atoms with Gasteiger partial charge in [0.2, 0.25) is 0 Å². The molecular formula is C14H13ClFNO. The molecule has 1 aliphatic carbocycles. The lowest BCUT2D eigenvalue weighted by atomic mass is 9.87. The van der Waals surface area contributed by atoms with Crippen LogP contribution in [0, 0.1) is 23.1 Å². The zero-order chi connectivity index (χ0) is 13.1. The number of Topliss-reactive ketones (excluding diaryl/α,β-unsaturated/α-hetero) is 1. The van der Waals surface area contributed by atoms with Crippen molar-refractivity contribution in [2.75, 3.05) is 0 Å². The maximum atomic E-state index is 13.7. The predicted molar refractivity (Wildman–Crippen MR) is 66.7 cm³/mol. The number of hydrogen-bond acceptors (Lipinski definition) is 2. The summed E-state index contributed by atoms with van der Waals surface area (Å²) in [4.78, 5) is 12.2. The van der Waals surface area contributed by atoms with E-state index in [4.69, 9.17) is 16.9 Å². The van der Waals surface area contributed by atoms with Crippen molar-refractivity contribution in [1.29, 1.82) is 5.26 Å². The Morgan fingerprint density at radius 2 is 2.11 bits per heavy atom. The topological polar surface area (TPSA) is 40.9 Å². The maximum Gasteiger partial charge on any atom is 0.157 e. The summed E-state index contributed by atoms with van der Waals surface area (Å²) in [6, 6.07) is 6.11. The molecule has 18 heavy (non-hydrogen) atoms. The molecule has 1 unspecified atom stereocenters. The van der Waals surface area contributed by atoms with Crippen LogP contribution in [-0.4, -0.2) is 5.78 Å². The number of halogens is 2. The Kier molecular flexibility index (Phi) is 3.98. The second-order valence-electron chi connectivity index (χ2n) is 4.58. The van der Waals surface area contributed by atoms with E-state index in [-0.39, 0.29) is 22.3 Å². The minimum Gasteiger partial charge on any atom is -0.298 e. The average molecular weight is 266 g/mol. The highest BCUT2D eigenvalue weighted by Gasteiger charge is 2.32. The first-order valence-electron chi connectivity index (χ1n) is 6.02. The highest BCUT2D eigenvalue weighted by molar-refractivity contribution is 6.31. The molecule has 1 aromatic rings. The molecule has 2 rings (SSSR count). The van der Waals surface area contributed by atoms with E-state index in [1.54, 1.807) is 0 Å². The summed E-state index contributed by atoms with van der Waals surface area (Å²) in [6.45, 7) is 0. The molecule has 0 amide bonds. The second kappa shape index (κ2) is 5.49. The molecule has 0 N–H and O–H groups in total. The number of nitrogens with zero attached hydrogens (tertiary/aromatic N) is 1. The average Bonchev–Trinajstić information content (AvgIpc) is 2.87. The Balaban J connectivity index is 2.34. The predicted octanol–water partition coefficient (Wildman–Crippen LogP) is 3.85. The Bertz CT molecular complexity index is 483.